The van der Waals surface area contributed by atoms with E-state index in [4.69, 9.17) is 0 Å². The van der Waals surface area contributed by atoms with Crippen molar-refractivity contribution >= 4 is 15.7 Å². The Labute approximate surface area is 195 Å². The first-order valence-corrected chi connectivity index (χ1v) is 13.5. The Morgan fingerprint density at radius 2 is 1.85 bits per heavy atom. The predicted octanol–water partition coefficient (Wildman–Crippen LogP) is 3.54. The third kappa shape index (κ3) is 4.15. The molecule has 1 unspecified atom stereocenters. The van der Waals surface area contributed by atoms with Crippen molar-refractivity contribution in [2.45, 2.75) is 49.8 Å². The van der Waals surface area contributed by atoms with Crippen molar-refractivity contribution in [2.24, 2.45) is 17.3 Å². The Bertz CT molecular complexity index is 1060. The number of anilines is 1. The van der Waals surface area contributed by atoms with Crippen LogP contribution in [0.5, 0.6) is 0 Å². The molecule has 0 N–H and O–H groups in total. The number of likely N-dealkylation sites (tertiary alicyclic amines) is 1. The van der Waals surface area contributed by atoms with Crippen LogP contribution >= 0.6 is 0 Å². The van der Waals surface area contributed by atoms with E-state index >= 15 is 0 Å². The second-order valence-electron chi connectivity index (χ2n) is 10.7. The molecular formula is C24H32F2N4O2S. The van der Waals surface area contributed by atoms with E-state index in [1.165, 1.54) is 18.9 Å². The van der Waals surface area contributed by atoms with Gasteiger partial charge in [0.1, 0.15) is 4.90 Å². The molecule has 3 heterocycles. The van der Waals surface area contributed by atoms with Gasteiger partial charge < -0.3 is 9.80 Å². The molecule has 33 heavy (non-hydrogen) atoms. The minimum Gasteiger partial charge on any atom is -0.369 e. The van der Waals surface area contributed by atoms with Crippen LogP contribution in [0.15, 0.2) is 23.1 Å². The molecule has 1 spiro atoms. The SMILES string of the molecule is CC1CCN(CC2CCCN(S(=O)(=O)c3cc(C#N)ccc3N3CC4(C3)CC4(F)F)C2)CC1. The summed E-state index contributed by atoms with van der Waals surface area (Å²) in [6, 6.07) is 6.61. The summed E-state index contributed by atoms with van der Waals surface area (Å²) in [6.07, 6.45) is 4.07. The lowest BCUT2D eigenvalue weighted by Gasteiger charge is -2.43. The summed E-state index contributed by atoms with van der Waals surface area (Å²) < 4.78 is 56.5. The average Bonchev–Trinajstić information content (AvgIpc) is 3.36. The lowest BCUT2D eigenvalue weighted by molar-refractivity contribution is 0.0519. The van der Waals surface area contributed by atoms with Crippen molar-refractivity contribution in [3.05, 3.63) is 23.8 Å². The maximum absolute atomic E-state index is 13.7. The number of benzene rings is 1. The first kappa shape index (κ1) is 23.0. The molecule has 3 aliphatic heterocycles. The molecular weight excluding hydrogens is 446 g/mol. The number of rotatable bonds is 5. The molecule has 0 radical (unpaired) electrons. The monoisotopic (exact) mass is 478 g/mol. The normalized spacial score (nSPS) is 27.8. The van der Waals surface area contributed by atoms with Crippen LogP contribution in [0.2, 0.25) is 0 Å². The fraction of sp³-hybridized carbons (Fsp3) is 0.708. The van der Waals surface area contributed by atoms with E-state index in [1.54, 1.807) is 21.3 Å². The van der Waals surface area contributed by atoms with Crippen molar-refractivity contribution in [3.63, 3.8) is 0 Å². The third-order valence-corrected chi connectivity index (χ3v) is 10.0. The molecule has 4 aliphatic rings. The largest absolute Gasteiger partial charge is 0.369 e. The van der Waals surface area contributed by atoms with Crippen LogP contribution in [0.4, 0.5) is 14.5 Å². The average molecular weight is 479 g/mol. The quantitative estimate of drug-likeness (QED) is 0.648. The molecule has 180 valence electrons. The highest BCUT2D eigenvalue weighted by molar-refractivity contribution is 7.89. The Morgan fingerprint density at radius 3 is 2.48 bits per heavy atom. The summed E-state index contributed by atoms with van der Waals surface area (Å²) in [5.41, 5.74) is -0.292. The summed E-state index contributed by atoms with van der Waals surface area (Å²) in [5.74, 6) is -1.62. The van der Waals surface area contributed by atoms with E-state index < -0.39 is 21.4 Å². The van der Waals surface area contributed by atoms with Crippen LogP contribution in [0.1, 0.15) is 44.6 Å². The second-order valence-corrected chi connectivity index (χ2v) is 12.6. The van der Waals surface area contributed by atoms with Crippen LogP contribution in [-0.2, 0) is 10.0 Å². The van der Waals surface area contributed by atoms with Crippen molar-refractivity contribution in [3.8, 4) is 6.07 Å². The summed E-state index contributed by atoms with van der Waals surface area (Å²) in [6.45, 7) is 6.56. The maximum Gasteiger partial charge on any atom is 0.258 e. The van der Waals surface area contributed by atoms with Crippen LogP contribution in [0.25, 0.3) is 0 Å². The van der Waals surface area contributed by atoms with Crippen LogP contribution in [0.3, 0.4) is 0 Å². The van der Waals surface area contributed by atoms with Gasteiger partial charge in [-0.15, -0.1) is 0 Å². The van der Waals surface area contributed by atoms with E-state index in [0.29, 0.717) is 18.8 Å². The van der Waals surface area contributed by atoms with Gasteiger partial charge in [0.2, 0.25) is 10.0 Å². The zero-order valence-electron chi connectivity index (χ0n) is 19.1. The fourth-order valence-corrected chi connectivity index (χ4v) is 7.57. The molecule has 3 saturated heterocycles. The molecule has 9 heteroatoms. The van der Waals surface area contributed by atoms with Gasteiger partial charge in [-0.3, -0.25) is 0 Å². The highest BCUT2D eigenvalue weighted by atomic mass is 32.2. The molecule has 0 aromatic heterocycles. The molecule has 1 aromatic carbocycles. The van der Waals surface area contributed by atoms with Crippen LogP contribution < -0.4 is 4.90 Å². The van der Waals surface area contributed by atoms with Crippen molar-refractivity contribution in [1.82, 2.24) is 9.21 Å². The van der Waals surface area contributed by atoms with Crippen LogP contribution in [-0.4, -0.2) is 69.4 Å². The number of nitrogens with zero attached hydrogens (tertiary/aromatic N) is 4. The van der Waals surface area contributed by atoms with Gasteiger partial charge in [0.05, 0.1) is 22.7 Å². The van der Waals surface area contributed by atoms with Crippen molar-refractivity contribution in [2.75, 3.05) is 50.7 Å². The van der Waals surface area contributed by atoms with Gasteiger partial charge in [0.25, 0.3) is 5.92 Å². The van der Waals surface area contributed by atoms with Gasteiger partial charge in [0.15, 0.2) is 0 Å². The molecule has 1 aliphatic carbocycles. The Hall–Kier alpha value is -1.76. The minimum atomic E-state index is -3.84. The van der Waals surface area contributed by atoms with E-state index in [2.05, 4.69) is 11.8 Å². The third-order valence-electron chi connectivity index (χ3n) is 8.12. The molecule has 1 aromatic rings. The predicted molar refractivity (Wildman–Crippen MR) is 122 cm³/mol. The van der Waals surface area contributed by atoms with Crippen molar-refractivity contribution in [1.29, 1.82) is 5.26 Å². The number of hydrogen-bond donors (Lipinski definition) is 0. The molecule has 0 bridgehead atoms. The second kappa shape index (κ2) is 8.17. The van der Waals surface area contributed by atoms with Gasteiger partial charge in [-0.1, -0.05) is 6.92 Å². The van der Waals surface area contributed by atoms with Gasteiger partial charge in [-0.2, -0.15) is 9.57 Å². The number of alkyl halides is 2. The number of hydrogen-bond acceptors (Lipinski definition) is 5. The zero-order chi connectivity index (χ0) is 23.4. The standard InChI is InChI=1S/C24H32F2N4O2S/c1-18-6-9-28(10-7-18)13-20-3-2-8-30(14-20)33(31,32)22-11-19(12-27)4-5-21(22)29-16-23(17-29)15-24(23,25)26/h4-5,11,18,20H,2-3,6-10,13-17H2,1H3. The molecule has 1 saturated carbocycles. The van der Waals surface area contributed by atoms with E-state index in [1.807, 2.05) is 6.07 Å². The first-order valence-electron chi connectivity index (χ1n) is 12.0. The smallest absolute Gasteiger partial charge is 0.258 e. The lowest BCUT2D eigenvalue weighted by atomic mass is 9.95. The highest BCUT2D eigenvalue weighted by Crippen LogP contribution is 2.65. The number of piperidine rings is 2. The summed E-state index contributed by atoms with van der Waals surface area (Å²) in [4.78, 5) is 4.26. The summed E-state index contributed by atoms with van der Waals surface area (Å²) >= 11 is 0. The van der Waals surface area contributed by atoms with E-state index in [-0.39, 0.29) is 35.9 Å². The van der Waals surface area contributed by atoms with Gasteiger partial charge in [0, 0.05) is 39.1 Å². The topological polar surface area (TPSA) is 67.6 Å². The summed E-state index contributed by atoms with van der Waals surface area (Å²) in [7, 11) is -3.84. The van der Waals surface area contributed by atoms with Crippen LogP contribution in [0, 0.1) is 28.6 Å². The molecule has 0 amide bonds. The Morgan fingerprint density at radius 1 is 1.15 bits per heavy atom. The number of nitriles is 1. The first-order chi connectivity index (χ1) is 15.6. The van der Waals surface area contributed by atoms with Gasteiger partial charge in [-0.25, -0.2) is 17.2 Å². The molecule has 1 atom stereocenters. The maximum atomic E-state index is 13.7. The number of sulfonamides is 1. The minimum absolute atomic E-state index is 0.0767. The molecule has 5 rings (SSSR count). The Balaban J connectivity index is 1.34. The fourth-order valence-electron chi connectivity index (χ4n) is 5.77. The highest BCUT2D eigenvalue weighted by Gasteiger charge is 2.76. The van der Waals surface area contributed by atoms with Crippen molar-refractivity contribution < 1.29 is 17.2 Å². The van der Waals surface area contributed by atoms with Gasteiger partial charge >= 0.3 is 0 Å². The Kier molecular flexibility index (Phi) is 5.70. The molecule has 6 nitrogen and oxygen atoms in total. The van der Waals surface area contributed by atoms with E-state index in [9.17, 15) is 22.5 Å². The molecule has 4 fully saturated rings. The van der Waals surface area contributed by atoms with E-state index in [0.717, 1.165) is 38.4 Å². The summed E-state index contributed by atoms with van der Waals surface area (Å²) in [5, 5.41) is 9.37. The number of halogens is 2. The zero-order valence-corrected chi connectivity index (χ0v) is 20.0. The lowest BCUT2D eigenvalue weighted by Crippen LogP contribution is -2.52. The van der Waals surface area contributed by atoms with Gasteiger partial charge in [-0.05, 0) is 68.8 Å².